The molecule has 4 aromatic carbocycles. The first kappa shape index (κ1) is 95.6. The van der Waals surface area contributed by atoms with Gasteiger partial charge in [-0.15, -0.1) is 0 Å². The van der Waals surface area contributed by atoms with E-state index in [0.717, 1.165) is 95.0 Å². The Labute approximate surface area is 732 Å². The van der Waals surface area contributed by atoms with E-state index in [1.54, 1.807) is 67.9 Å². The van der Waals surface area contributed by atoms with Gasteiger partial charge in [0.25, 0.3) is 30.4 Å². The Hall–Kier alpha value is -11.1. The molecule has 0 saturated carbocycles. The maximum Gasteiger partial charge on any atom is 0.303 e. The van der Waals surface area contributed by atoms with Crippen molar-refractivity contribution in [1.82, 2.24) is 60.7 Å². The molecule has 3 aliphatic heterocycles. The maximum absolute atomic E-state index is 14.8. The van der Waals surface area contributed by atoms with Gasteiger partial charge in [0.05, 0.1) is 53.2 Å². The molecule has 12 N–H and O–H groups in total. The highest BCUT2D eigenvalue weighted by atomic mass is 32.2. The fourth-order valence-electron chi connectivity index (χ4n) is 17.4. The number of carbonyl (C=O) groups is 8. The quantitative estimate of drug-likeness (QED) is 0.00778. The number of nitrogens with two attached hydrogens (primary N) is 1. The molecular weight excluding hydrogens is 1700 g/mol. The maximum atomic E-state index is 14.8. The van der Waals surface area contributed by atoms with Gasteiger partial charge in [-0.2, -0.15) is 29.8 Å². The zero-order valence-electron chi connectivity index (χ0n) is 71.5. The molecule has 7 aromatic rings. The number of hydrogen-bond acceptors (Lipinski definition) is 21. The van der Waals surface area contributed by atoms with Crippen molar-refractivity contribution in [3.63, 3.8) is 0 Å². The lowest BCUT2D eigenvalue weighted by molar-refractivity contribution is -0.437. The summed E-state index contributed by atoms with van der Waals surface area (Å²) in [5.74, 6) is -6.35. The second-order valence-corrected chi connectivity index (χ2v) is 39.7. The molecule has 3 aromatic heterocycles. The third-order valence-corrected chi connectivity index (χ3v) is 28.0. The fraction of sp³-hybridized carbons (Fsp3) is 0.460. The Morgan fingerprint density at radius 2 is 1.44 bits per heavy atom. The van der Waals surface area contributed by atoms with E-state index in [1.165, 1.54) is 42.7 Å². The van der Waals surface area contributed by atoms with E-state index >= 15 is 0 Å². The second-order valence-electron chi connectivity index (χ2n) is 33.4. The van der Waals surface area contributed by atoms with Crippen LogP contribution in [0.3, 0.4) is 0 Å². The molecule has 6 heterocycles. The average Bonchev–Trinajstić information content (AvgIpc) is 1.56. The number of fused-ring (bicyclic) bond motifs is 7. The number of aryl methyl sites for hydroxylation is 4. The number of benzene rings is 4. The topological polar surface area (TPSA) is 520 Å². The zero-order chi connectivity index (χ0) is 91.4. The molecule has 4 aliphatic rings. The largest absolute Gasteiger partial charge is 0.481 e. The molecule has 35 nitrogen and oxygen atoms in total. The number of carboxylic acid groups (broad SMARTS) is 1. The van der Waals surface area contributed by atoms with E-state index in [9.17, 15) is 90.8 Å². The lowest BCUT2D eigenvalue weighted by Gasteiger charge is -2.27. The molecule has 11 rings (SSSR count). The first-order valence-electron chi connectivity index (χ1n) is 42.1. The number of aromatic amines is 1. The van der Waals surface area contributed by atoms with Crippen LogP contribution in [-0.4, -0.2) is 214 Å². The van der Waals surface area contributed by atoms with Crippen LogP contribution in [0, 0.1) is 6.92 Å². The molecule has 126 heavy (non-hydrogen) atoms. The van der Waals surface area contributed by atoms with Crippen LogP contribution >= 0.6 is 0 Å². The Balaban J connectivity index is 0.688. The van der Waals surface area contributed by atoms with Crippen LogP contribution in [0.4, 0.5) is 11.4 Å². The highest BCUT2D eigenvalue weighted by molar-refractivity contribution is 7.89. The number of anilines is 1. The summed E-state index contributed by atoms with van der Waals surface area (Å²) in [6.45, 7) is 10.9. The number of aliphatic carboxylic acids is 1. The van der Waals surface area contributed by atoms with E-state index < -0.39 is 152 Å². The Morgan fingerprint density at radius 1 is 0.730 bits per heavy atom. The van der Waals surface area contributed by atoms with E-state index in [0.29, 0.717) is 83.2 Å². The first-order valence-corrected chi connectivity index (χ1v) is 48.0. The zero-order valence-corrected chi connectivity index (χ0v) is 74.7. The molecule has 1 fully saturated rings. The van der Waals surface area contributed by atoms with Crippen molar-refractivity contribution in [3.05, 3.63) is 172 Å². The van der Waals surface area contributed by atoms with Gasteiger partial charge >= 0.3 is 5.97 Å². The number of sulfonamides is 1. The van der Waals surface area contributed by atoms with Gasteiger partial charge in [-0.05, 0) is 167 Å². The Kier molecular flexibility index (Phi) is 30.9. The van der Waals surface area contributed by atoms with Crippen molar-refractivity contribution < 1.29 is 95.4 Å². The summed E-state index contributed by atoms with van der Waals surface area (Å²) >= 11 is 0. The van der Waals surface area contributed by atoms with Crippen LogP contribution in [-0.2, 0) is 122 Å². The highest BCUT2D eigenvalue weighted by Crippen LogP contribution is 2.52. The van der Waals surface area contributed by atoms with Gasteiger partial charge in [0.1, 0.15) is 35.4 Å². The van der Waals surface area contributed by atoms with Gasteiger partial charge in [-0.1, -0.05) is 82.5 Å². The number of allylic oxidation sites excluding steroid dienone is 6. The number of carbonyl (C=O) groups excluding carboxylic acids is 7. The fourth-order valence-corrected chi connectivity index (χ4v) is 20.7. The molecule has 0 spiro atoms. The summed E-state index contributed by atoms with van der Waals surface area (Å²) in [7, 11) is -17.2. The van der Waals surface area contributed by atoms with Crippen LogP contribution in [0.2, 0.25) is 0 Å². The van der Waals surface area contributed by atoms with Crippen LogP contribution in [0.1, 0.15) is 188 Å². The molecule has 4 atom stereocenters. The minimum absolute atomic E-state index is 0.00313. The number of rotatable bonds is 42. The normalized spacial score (nSPS) is 16.8. The van der Waals surface area contributed by atoms with Gasteiger partial charge in [-0.3, -0.25) is 57.0 Å². The number of carboxylic acids is 1. The molecule has 3 unspecified atom stereocenters. The molecule has 7 amide bonds. The number of nitrogens with one attached hydrogen (secondary N) is 6. The van der Waals surface area contributed by atoms with Gasteiger partial charge < -0.3 is 52.2 Å². The molecule has 39 heteroatoms. The number of primary amides is 1. The third kappa shape index (κ3) is 23.2. The van der Waals surface area contributed by atoms with Gasteiger partial charge in [0.15, 0.2) is 5.71 Å². The number of hydrogen-bond donors (Lipinski definition) is 11. The number of likely N-dealkylation sites (tertiary alicyclic amines) is 1. The number of pyridine rings is 1. The molecular formula is C87H110N15O20S4+. The number of H-pyrrole nitrogens is 1. The number of imidazole rings is 1. The average molecular weight is 1810 g/mol. The first-order chi connectivity index (χ1) is 59.6. The third-order valence-electron chi connectivity index (χ3n) is 23.6. The molecule has 1 saturated heterocycles. The van der Waals surface area contributed by atoms with Crippen molar-refractivity contribution in [2.75, 3.05) is 57.0 Å². The standard InChI is InChI=1S/C87H109N15O20S4/c1-8-36-100-70-35-33-62-64(44-60(125(117,118)119)45-73(62)126(120,121)122)82(70)87(5,6)74(100)29-14-11-15-30-75-86(3,4)81-63-24-18-28-72(61(63)32-34-69(81)101(75)39-21-40-123(112,113)114)124(115,116)99(7)37-20-31-77(104)97-67(43-59-50-89-53-95-59)83(109)94-52-79(106)102-38-19-27-71(102)85(111)98-68(46-76(88)103)84(110)93-51-78(105)92-47-57-41-56-23-16-17-26-65(56)96-66(57)25-13-10-9-12-22-55(42-80(107)108)58-48-90-54(2)91-49-58/h11,14-15,18,24,28-30,32-35,41,44-45,48-50,53,55,67-68,71H,8-10,12-13,16-17,19-23,25-27,31,36-40,42-43,46-47,51-52H2,1-7H3,(H11-,88,89,92,93,94,95,97,98,103,104,105,107,108,109,110,111,112,113,114,117,118,119,120,121,122)/p+1/t55-,67?,68?,71?/m0/s1. The van der Waals surface area contributed by atoms with Crippen molar-refractivity contribution in [2.45, 2.75) is 220 Å². The van der Waals surface area contributed by atoms with E-state index in [2.05, 4.69) is 52.6 Å². The van der Waals surface area contributed by atoms with Crippen molar-refractivity contribution >= 4 is 126 Å². The smallest absolute Gasteiger partial charge is 0.303 e. The lowest BCUT2D eigenvalue weighted by atomic mass is 9.79. The van der Waals surface area contributed by atoms with E-state index in [-0.39, 0.29) is 86.3 Å². The monoisotopic (exact) mass is 1810 g/mol. The van der Waals surface area contributed by atoms with Crippen LogP contribution in [0.25, 0.3) is 21.5 Å². The summed E-state index contributed by atoms with van der Waals surface area (Å²) in [6.07, 6.45) is 23.7. The predicted molar refractivity (Wildman–Crippen MR) is 469 cm³/mol. The Morgan fingerprint density at radius 3 is 2.14 bits per heavy atom. The summed E-state index contributed by atoms with van der Waals surface area (Å²) in [6, 6.07) is 11.4. The lowest BCUT2D eigenvalue weighted by Crippen LogP contribution is -2.56. The van der Waals surface area contributed by atoms with E-state index in [1.807, 2.05) is 56.2 Å². The van der Waals surface area contributed by atoms with Crippen LogP contribution in [0.5, 0.6) is 0 Å². The summed E-state index contributed by atoms with van der Waals surface area (Å²) in [4.78, 5) is 129. The summed E-state index contributed by atoms with van der Waals surface area (Å²) < 4.78 is 137. The van der Waals surface area contributed by atoms with Crippen molar-refractivity contribution in [2.24, 2.45) is 5.73 Å². The molecule has 0 bridgehead atoms. The van der Waals surface area contributed by atoms with Crippen LogP contribution < -0.4 is 37.2 Å². The number of aromatic nitrogens is 5. The summed E-state index contributed by atoms with van der Waals surface area (Å²) in [5, 5.41) is 23.9. The predicted octanol–water partition coefficient (Wildman–Crippen LogP) is 7.22. The molecule has 1 aliphatic carbocycles. The molecule has 676 valence electrons. The van der Waals surface area contributed by atoms with Gasteiger partial charge in [0.2, 0.25) is 57.1 Å². The Bertz CT molecular complexity index is 5960. The SMILES string of the molecule is CCC[N+]1=C(C=CC=CC=C2N(CCCS(=O)(=O)O)c3ccc4c(S(=O)(=O)N(C)CCCC(=O)NC(Cc5cnc[nH]5)C(=O)NCC(=O)N5CCCC5C(=O)NC(CC(N)=O)C(=O)NCC(=O)NCc5cc6c(nc5CCCCCC[C@@H](CC(=O)O)c5cnc(C)nc5)CCCC6)cccc4c3C2(C)C)C(C)(C)c2c1ccc1c(S(=O)(=O)O)cc(S(=O)(=O)O)cc21. The summed E-state index contributed by atoms with van der Waals surface area (Å²) in [5.41, 5.74) is 12.8. The minimum Gasteiger partial charge on any atom is -0.481 e. The van der Waals surface area contributed by atoms with Gasteiger partial charge in [-0.25, -0.2) is 27.7 Å². The minimum atomic E-state index is -4.97. The number of unbranched alkanes of at least 4 members (excludes halogenated alkanes) is 3. The van der Waals surface area contributed by atoms with Crippen LogP contribution in [0.15, 0.2) is 136 Å². The number of nitrogens with zero attached hydrogens (tertiary/aromatic N) is 8. The van der Waals surface area contributed by atoms with E-state index in [4.69, 9.17) is 10.7 Å². The van der Waals surface area contributed by atoms with Crippen molar-refractivity contribution in [3.8, 4) is 0 Å². The highest BCUT2D eigenvalue weighted by Gasteiger charge is 2.47. The van der Waals surface area contributed by atoms with Gasteiger partial charge in [0, 0.05) is 133 Å². The number of amides is 7. The molecule has 0 radical (unpaired) electrons. The van der Waals surface area contributed by atoms with Crippen molar-refractivity contribution in [1.29, 1.82) is 0 Å². The second kappa shape index (κ2) is 40.7.